The standard InChI is InChI=1S/C15H20Br2N2OS/c16-14-8-12(15(17)21-14)13(20)10-18-7-4-11(9-18)19-5-2-1-3-6-19/h8,11H,1-7,9-10H2. The maximum Gasteiger partial charge on any atom is 0.178 e. The average Bonchev–Trinajstić information content (AvgIpc) is 3.06. The maximum atomic E-state index is 12.4. The Morgan fingerprint density at radius 2 is 2.00 bits per heavy atom. The summed E-state index contributed by atoms with van der Waals surface area (Å²) in [4.78, 5) is 17.4. The summed E-state index contributed by atoms with van der Waals surface area (Å²) in [6.07, 6.45) is 5.27. The summed E-state index contributed by atoms with van der Waals surface area (Å²) >= 11 is 8.49. The molecule has 0 spiro atoms. The van der Waals surface area contributed by atoms with Gasteiger partial charge in [0.2, 0.25) is 0 Å². The van der Waals surface area contributed by atoms with E-state index in [2.05, 4.69) is 41.7 Å². The van der Waals surface area contributed by atoms with Gasteiger partial charge in [0.05, 0.1) is 14.1 Å². The Balaban J connectivity index is 1.54. The molecule has 0 amide bonds. The third-order valence-corrected chi connectivity index (χ3v) is 6.82. The zero-order valence-electron chi connectivity index (χ0n) is 12.0. The number of carbonyl (C=O) groups excluding carboxylic acids is 1. The highest BCUT2D eigenvalue weighted by Gasteiger charge is 2.29. The largest absolute Gasteiger partial charge is 0.299 e. The van der Waals surface area contributed by atoms with E-state index in [1.54, 1.807) is 11.3 Å². The van der Waals surface area contributed by atoms with Gasteiger partial charge in [-0.3, -0.25) is 14.6 Å². The highest BCUT2D eigenvalue weighted by Crippen LogP contribution is 2.32. The van der Waals surface area contributed by atoms with E-state index in [0.717, 1.165) is 26.2 Å². The molecule has 3 nitrogen and oxygen atoms in total. The van der Waals surface area contributed by atoms with E-state index in [9.17, 15) is 4.79 Å². The highest BCUT2D eigenvalue weighted by molar-refractivity contribution is 9.12. The first kappa shape index (κ1) is 16.1. The molecule has 2 aliphatic rings. The van der Waals surface area contributed by atoms with E-state index < -0.39 is 0 Å². The minimum atomic E-state index is 0.225. The van der Waals surface area contributed by atoms with Crippen molar-refractivity contribution in [1.82, 2.24) is 9.80 Å². The SMILES string of the molecule is O=C(CN1CCC(N2CCCCC2)C1)c1cc(Br)sc1Br. The van der Waals surface area contributed by atoms with Crippen LogP contribution in [0.3, 0.4) is 0 Å². The van der Waals surface area contributed by atoms with Crippen LogP contribution < -0.4 is 0 Å². The zero-order chi connectivity index (χ0) is 14.8. The number of likely N-dealkylation sites (tertiary alicyclic amines) is 2. The van der Waals surface area contributed by atoms with E-state index in [-0.39, 0.29) is 5.78 Å². The van der Waals surface area contributed by atoms with Crippen molar-refractivity contribution in [3.8, 4) is 0 Å². The Labute approximate surface area is 146 Å². The molecule has 0 aromatic carbocycles. The van der Waals surface area contributed by atoms with E-state index in [1.807, 2.05) is 6.07 Å². The molecule has 1 aromatic rings. The summed E-state index contributed by atoms with van der Waals surface area (Å²) in [6.45, 7) is 5.14. The molecule has 2 fully saturated rings. The van der Waals surface area contributed by atoms with Gasteiger partial charge < -0.3 is 0 Å². The fraction of sp³-hybridized carbons (Fsp3) is 0.667. The third-order valence-electron chi connectivity index (χ3n) is 4.48. The molecule has 1 unspecified atom stereocenters. The minimum absolute atomic E-state index is 0.225. The first-order valence-electron chi connectivity index (χ1n) is 7.58. The molecule has 2 saturated heterocycles. The molecule has 1 aromatic heterocycles. The lowest BCUT2D eigenvalue weighted by molar-refractivity contribution is 0.0935. The predicted octanol–water partition coefficient (Wildman–Crippen LogP) is 4.02. The molecule has 21 heavy (non-hydrogen) atoms. The molecule has 116 valence electrons. The normalized spacial score (nSPS) is 24.6. The number of piperidine rings is 1. The minimum Gasteiger partial charge on any atom is -0.299 e. The van der Waals surface area contributed by atoms with Crippen LogP contribution in [-0.4, -0.2) is 54.3 Å². The first-order valence-corrected chi connectivity index (χ1v) is 9.98. The van der Waals surface area contributed by atoms with Gasteiger partial charge in [-0.2, -0.15) is 0 Å². The average molecular weight is 436 g/mol. The summed E-state index contributed by atoms with van der Waals surface area (Å²) in [5.74, 6) is 0.225. The fourth-order valence-corrected chi connectivity index (χ4v) is 6.21. The predicted molar refractivity (Wildman–Crippen MR) is 94.3 cm³/mol. The summed E-state index contributed by atoms with van der Waals surface area (Å²) in [7, 11) is 0. The van der Waals surface area contributed by atoms with Crippen LogP contribution in [0.2, 0.25) is 0 Å². The monoisotopic (exact) mass is 434 g/mol. The van der Waals surface area contributed by atoms with Crippen LogP contribution in [0.15, 0.2) is 13.6 Å². The number of carbonyl (C=O) groups is 1. The van der Waals surface area contributed by atoms with E-state index in [0.29, 0.717) is 12.6 Å². The molecule has 3 heterocycles. The number of rotatable bonds is 4. The van der Waals surface area contributed by atoms with E-state index >= 15 is 0 Å². The van der Waals surface area contributed by atoms with Crippen LogP contribution in [-0.2, 0) is 0 Å². The van der Waals surface area contributed by atoms with Crippen molar-refractivity contribution in [3.63, 3.8) is 0 Å². The first-order chi connectivity index (χ1) is 10.1. The highest BCUT2D eigenvalue weighted by atomic mass is 79.9. The lowest BCUT2D eigenvalue weighted by Crippen LogP contribution is -2.41. The van der Waals surface area contributed by atoms with Gasteiger partial charge in [-0.1, -0.05) is 6.42 Å². The lowest BCUT2D eigenvalue weighted by Gasteiger charge is -2.32. The van der Waals surface area contributed by atoms with Crippen molar-refractivity contribution in [2.75, 3.05) is 32.7 Å². The third kappa shape index (κ3) is 3.96. The Kier molecular flexibility index (Phi) is 5.54. The van der Waals surface area contributed by atoms with Crippen molar-refractivity contribution < 1.29 is 4.79 Å². The fourth-order valence-electron chi connectivity index (χ4n) is 3.36. The molecule has 0 N–H and O–H groups in total. The lowest BCUT2D eigenvalue weighted by atomic mass is 10.1. The Morgan fingerprint density at radius 3 is 2.67 bits per heavy atom. The summed E-state index contributed by atoms with van der Waals surface area (Å²) in [6, 6.07) is 2.59. The smallest absolute Gasteiger partial charge is 0.178 e. The number of ketones is 1. The van der Waals surface area contributed by atoms with Gasteiger partial charge in [-0.15, -0.1) is 11.3 Å². The van der Waals surface area contributed by atoms with E-state index in [1.165, 1.54) is 38.8 Å². The number of nitrogens with zero attached hydrogens (tertiary/aromatic N) is 2. The molecular weight excluding hydrogens is 416 g/mol. The van der Waals surface area contributed by atoms with Crippen LogP contribution in [0.5, 0.6) is 0 Å². The van der Waals surface area contributed by atoms with Gasteiger partial charge in [0.25, 0.3) is 0 Å². The van der Waals surface area contributed by atoms with Crippen molar-refractivity contribution >= 4 is 49.0 Å². The Bertz CT molecular complexity index is 514. The second-order valence-electron chi connectivity index (χ2n) is 5.94. The van der Waals surface area contributed by atoms with Crippen LogP contribution >= 0.6 is 43.2 Å². The Morgan fingerprint density at radius 1 is 1.24 bits per heavy atom. The van der Waals surface area contributed by atoms with Gasteiger partial charge in [0, 0.05) is 24.7 Å². The van der Waals surface area contributed by atoms with Gasteiger partial charge in [-0.05, 0) is 70.3 Å². The van der Waals surface area contributed by atoms with Crippen molar-refractivity contribution in [2.24, 2.45) is 0 Å². The summed E-state index contributed by atoms with van der Waals surface area (Å²) in [5, 5.41) is 0. The Hall–Kier alpha value is 0.250. The van der Waals surface area contributed by atoms with E-state index in [4.69, 9.17) is 0 Å². The summed E-state index contributed by atoms with van der Waals surface area (Å²) in [5.41, 5.74) is 0.813. The van der Waals surface area contributed by atoms with Crippen molar-refractivity contribution in [2.45, 2.75) is 31.7 Å². The van der Waals surface area contributed by atoms with Gasteiger partial charge >= 0.3 is 0 Å². The summed E-state index contributed by atoms with van der Waals surface area (Å²) < 4.78 is 1.94. The van der Waals surface area contributed by atoms with Gasteiger partial charge in [-0.25, -0.2) is 0 Å². The molecule has 0 bridgehead atoms. The van der Waals surface area contributed by atoms with Gasteiger partial charge in [0.15, 0.2) is 5.78 Å². The number of hydrogen-bond acceptors (Lipinski definition) is 4. The number of thiophene rings is 1. The molecular formula is C15H20Br2N2OS. The maximum absolute atomic E-state index is 12.4. The molecule has 0 aliphatic carbocycles. The van der Waals surface area contributed by atoms with Crippen LogP contribution in [0.4, 0.5) is 0 Å². The zero-order valence-corrected chi connectivity index (χ0v) is 16.0. The van der Waals surface area contributed by atoms with Crippen molar-refractivity contribution in [1.29, 1.82) is 0 Å². The van der Waals surface area contributed by atoms with Crippen LogP contribution in [0, 0.1) is 0 Å². The molecule has 1 atom stereocenters. The molecule has 0 saturated carbocycles. The number of Topliss-reactive ketones (excluding diaryl/α,β-unsaturated/α-hetero) is 1. The number of hydrogen-bond donors (Lipinski definition) is 0. The molecule has 3 rings (SSSR count). The molecule has 0 radical (unpaired) electrons. The van der Waals surface area contributed by atoms with Gasteiger partial charge in [0.1, 0.15) is 0 Å². The second-order valence-corrected chi connectivity index (χ2v) is 9.68. The second kappa shape index (κ2) is 7.21. The van der Waals surface area contributed by atoms with Crippen molar-refractivity contribution in [3.05, 3.63) is 19.2 Å². The molecule has 2 aliphatic heterocycles. The van der Waals surface area contributed by atoms with Crippen LogP contribution in [0.1, 0.15) is 36.0 Å². The van der Waals surface area contributed by atoms with Crippen LogP contribution in [0.25, 0.3) is 0 Å². The number of halogens is 2. The quantitative estimate of drug-likeness (QED) is 0.667. The molecule has 6 heteroatoms. The topological polar surface area (TPSA) is 23.6 Å².